The van der Waals surface area contributed by atoms with Crippen molar-refractivity contribution < 1.29 is 25.2 Å². The zero-order chi connectivity index (χ0) is 26.2. The third-order valence-corrected chi connectivity index (χ3v) is 10.1. The van der Waals surface area contributed by atoms with Gasteiger partial charge in [0.25, 0.3) is 0 Å². The molecule has 1 saturated heterocycles. The summed E-state index contributed by atoms with van der Waals surface area (Å²) in [6.45, 7) is -0.423. The zero-order valence-electron chi connectivity index (χ0n) is 20.2. The fraction of sp³-hybridized carbons (Fsp3) is 0.500. The van der Waals surface area contributed by atoms with E-state index in [1.807, 2.05) is 39.8 Å². The summed E-state index contributed by atoms with van der Waals surface area (Å²) in [5.41, 5.74) is 2.48. The predicted octanol–water partition coefficient (Wildman–Crippen LogP) is 2.19. The van der Waals surface area contributed by atoms with Crippen molar-refractivity contribution in [3.05, 3.63) is 46.0 Å². The largest absolute Gasteiger partial charge is 0.394 e. The van der Waals surface area contributed by atoms with Gasteiger partial charge < -0.3 is 25.2 Å². The van der Waals surface area contributed by atoms with Crippen molar-refractivity contribution in [1.29, 1.82) is 0 Å². The summed E-state index contributed by atoms with van der Waals surface area (Å²) in [5.74, 6) is 0. The Morgan fingerprint density at radius 1 is 0.895 bits per heavy atom. The lowest BCUT2D eigenvalue weighted by atomic mass is 9.92. The highest BCUT2D eigenvalue weighted by molar-refractivity contribution is 8.00. The number of thioether (sulfide) groups is 1. The molecule has 2 aliphatic rings. The smallest absolute Gasteiger partial charge is 0.132 e. The van der Waals surface area contributed by atoms with Gasteiger partial charge in [-0.2, -0.15) is 22.7 Å². The Morgan fingerprint density at radius 3 is 2.18 bits per heavy atom. The van der Waals surface area contributed by atoms with Crippen LogP contribution in [-0.2, 0) is 4.74 Å². The lowest BCUT2D eigenvalue weighted by molar-refractivity contribution is -0.178. The van der Waals surface area contributed by atoms with E-state index in [-0.39, 0.29) is 11.3 Å². The van der Waals surface area contributed by atoms with E-state index in [2.05, 4.69) is 20.6 Å². The molecule has 0 spiro atoms. The van der Waals surface area contributed by atoms with Crippen LogP contribution in [0.3, 0.4) is 0 Å². The van der Waals surface area contributed by atoms with Gasteiger partial charge in [-0.05, 0) is 35.7 Å². The van der Waals surface area contributed by atoms with Crippen molar-refractivity contribution in [2.75, 3.05) is 6.61 Å². The average Bonchev–Trinajstić information content (AvgIpc) is 3.74. The van der Waals surface area contributed by atoms with Crippen molar-refractivity contribution in [2.24, 2.45) is 0 Å². The van der Waals surface area contributed by atoms with Crippen molar-refractivity contribution in [3.63, 3.8) is 0 Å². The maximum absolute atomic E-state index is 11.3. The molecule has 1 aliphatic heterocycles. The molecule has 1 aliphatic carbocycles. The molecule has 0 bridgehead atoms. The third kappa shape index (κ3) is 4.95. The van der Waals surface area contributed by atoms with E-state index >= 15 is 0 Å². The molecule has 4 unspecified atom stereocenters. The molecule has 0 amide bonds. The Bertz CT molecular complexity index is 1310. The van der Waals surface area contributed by atoms with Crippen LogP contribution in [0.15, 0.2) is 46.0 Å². The predicted molar refractivity (Wildman–Crippen MR) is 144 cm³/mol. The molecule has 4 aromatic heterocycles. The van der Waals surface area contributed by atoms with Gasteiger partial charge in [0, 0.05) is 27.1 Å². The van der Waals surface area contributed by atoms with Gasteiger partial charge in [-0.25, -0.2) is 9.36 Å². The van der Waals surface area contributed by atoms with Crippen molar-refractivity contribution in [1.82, 2.24) is 30.0 Å². The van der Waals surface area contributed by atoms with Crippen LogP contribution in [0, 0.1) is 0 Å². The number of aliphatic hydroxyl groups excluding tert-OH is 4. The summed E-state index contributed by atoms with van der Waals surface area (Å²) < 4.78 is 9.12. The first kappa shape index (κ1) is 26.1. The molecule has 0 radical (unpaired) electrons. The molecule has 8 atom stereocenters. The molecule has 0 aromatic carbocycles. The van der Waals surface area contributed by atoms with Crippen LogP contribution in [0.2, 0.25) is 0 Å². The molecule has 6 rings (SSSR count). The molecule has 1 saturated carbocycles. The first-order valence-corrected chi connectivity index (χ1v) is 15.2. The molecule has 2 fully saturated rings. The Labute approximate surface area is 230 Å². The van der Waals surface area contributed by atoms with Gasteiger partial charge in [0.05, 0.1) is 31.1 Å². The highest BCUT2D eigenvalue weighted by Gasteiger charge is 2.48. The Morgan fingerprint density at radius 2 is 1.55 bits per heavy atom. The molecule has 38 heavy (non-hydrogen) atoms. The van der Waals surface area contributed by atoms with Crippen LogP contribution in [0.5, 0.6) is 0 Å². The van der Waals surface area contributed by atoms with Crippen molar-refractivity contribution in [2.45, 2.75) is 66.4 Å². The number of aromatic nitrogens is 6. The molecular formula is C24H28N6O5S3. The van der Waals surface area contributed by atoms with E-state index in [4.69, 9.17) is 4.74 Å². The van der Waals surface area contributed by atoms with Crippen LogP contribution in [0.4, 0.5) is 0 Å². The summed E-state index contributed by atoms with van der Waals surface area (Å²) in [6.07, 6.45) is 1.86. The number of aliphatic hydroxyl groups is 4. The number of rotatable bonds is 7. The quantitative estimate of drug-likeness (QED) is 0.258. The van der Waals surface area contributed by atoms with Crippen molar-refractivity contribution >= 4 is 34.4 Å². The number of thiophene rings is 2. The van der Waals surface area contributed by atoms with Crippen LogP contribution >= 0.6 is 34.4 Å². The topological polar surface area (TPSA) is 152 Å². The highest BCUT2D eigenvalue weighted by atomic mass is 32.2. The maximum Gasteiger partial charge on any atom is 0.132 e. The molecule has 4 aromatic rings. The average molecular weight is 577 g/mol. The molecule has 14 heteroatoms. The number of nitrogens with zero attached hydrogens (tertiary/aromatic N) is 6. The van der Waals surface area contributed by atoms with E-state index in [1.54, 1.807) is 22.2 Å². The van der Waals surface area contributed by atoms with E-state index in [1.165, 1.54) is 27.8 Å². The minimum atomic E-state index is -1.20. The van der Waals surface area contributed by atoms with Gasteiger partial charge in [0.2, 0.25) is 0 Å². The lowest BCUT2D eigenvalue weighted by Crippen LogP contribution is -2.55. The second kappa shape index (κ2) is 11.1. The number of hydrogen-bond acceptors (Lipinski definition) is 12. The highest BCUT2D eigenvalue weighted by Crippen LogP contribution is 2.42. The van der Waals surface area contributed by atoms with E-state index in [0.717, 1.165) is 36.1 Å². The van der Waals surface area contributed by atoms with Gasteiger partial charge in [-0.3, -0.25) is 0 Å². The van der Waals surface area contributed by atoms with Crippen LogP contribution in [0.25, 0.3) is 22.5 Å². The standard InChI is InChI=1S/C24H28N6O5S3/c31-10-18-22(33)20(30-9-16(26-28-30)14-5-7-37-12-14)23(34)24(35-18)38-19-3-1-2-17(21(19)32)29-8-15(25-27-29)13-4-6-36-11-13/h4-9,11-12,17-24,31-34H,1-3,10H2/t17?,18?,19-,20+,21?,22+,23?,24+/m1/s1. The summed E-state index contributed by atoms with van der Waals surface area (Å²) in [4.78, 5) is 0. The van der Waals surface area contributed by atoms with Crippen LogP contribution in [0.1, 0.15) is 31.3 Å². The normalized spacial score (nSPS) is 32.0. The van der Waals surface area contributed by atoms with Gasteiger partial charge >= 0.3 is 0 Å². The van der Waals surface area contributed by atoms with Crippen LogP contribution in [-0.4, -0.2) is 92.1 Å². The minimum absolute atomic E-state index is 0.255. The Balaban J connectivity index is 1.19. The fourth-order valence-electron chi connectivity index (χ4n) is 5.17. The zero-order valence-corrected chi connectivity index (χ0v) is 22.6. The molecule has 5 heterocycles. The summed E-state index contributed by atoms with van der Waals surface area (Å²) >= 11 is 4.45. The van der Waals surface area contributed by atoms with E-state index in [0.29, 0.717) is 5.69 Å². The van der Waals surface area contributed by atoms with Crippen LogP contribution < -0.4 is 0 Å². The van der Waals surface area contributed by atoms with Gasteiger partial charge in [-0.1, -0.05) is 16.8 Å². The second-order valence-electron chi connectivity index (χ2n) is 9.55. The van der Waals surface area contributed by atoms with Crippen molar-refractivity contribution in [3.8, 4) is 22.5 Å². The van der Waals surface area contributed by atoms with Gasteiger partial charge in [0.15, 0.2) is 0 Å². The maximum atomic E-state index is 11.3. The number of hydrogen-bond donors (Lipinski definition) is 4. The second-order valence-corrected chi connectivity index (χ2v) is 12.5. The van der Waals surface area contributed by atoms with Gasteiger partial charge in [0.1, 0.15) is 41.2 Å². The lowest BCUT2D eigenvalue weighted by Gasteiger charge is -2.44. The number of ether oxygens (including phenoxy) is 1. The molecule has 11 nitrogen and oxygen atoms in total. The van der Waals surface area contributed by atoms with E-state index in [9.17, 15) is 20.4 Å². The Kier molecular flexibility index (Phi) is 7.64. The third-order valence-electron chi connectivity index (χ3n) is 7.22. The first-order valence-electron chi connectivity index (χ1n) is 12.4. The fourth-order valence-corrected chi connectivity index (χ4v) is 7.98. The monoisotopic (exact) mass is 576 g/mol. The summed E-state index contributed by atoms with van der Waals surface area (Å²) in [5, 5.41) is 68.1. The molecular weight excluding hydrogens is 549 g/mol. The summed E-state index contributed by atoms with van der Waals surface area (Å²) in [7, 11) is 0. The first-order chi connectivity index (χ1) is 18.5. The van der Waals surface area contributed by atoms with Gasteiger partial charge in [-0.15, -0.1) is 22.0 Å². The Hall–Kier alpha value is -2.17. The minimum Gasteiger partial charge on any atom is -0.394 e. The SMILES string of the molecule is OCC1O[C@@H](S[C@@H]2CCCC(n3cc(-c4ccsc4)nn3)C2O)C(O)[C@@H](n2cc(-c3ccsc3)nn2)[C@H]1O. The summed E-state index contributed by atoms with van der Waals surface area (Å²) in [6, 6.07) is 2.76. The molecule has 4 N–H and O–H groups in total. The molecule has 202 valence electrons. The van der Waals surface area contributed by atoms with E-state index < -0.39 is 42.5 Å².